The number of ether oxygens (including phenoxy) is 2. The molecule has 0 unspecified atom stereocenters. The van der Waals surface area contributed by atoms with Crippen molar-refractivity contribution in [3.63, 3.8) is 0 Å². The van der Waals surface area contributed by atoms with Gasteiger partial charge in [-0.2, -0.15) is 0 Å². The van der Waals surface area contributed by atoms with Gasteiger partial charge in [0.25, 0.3) is 0 Å². The zero-order chi connectivity index (χ0) is 9.84. The van der Waals surface area contributed by atoms with Gasteiger partial charge in [-0.25, -0.2) is 9.78 Å². The maximum absolute atomic E-state index is 11.1. The van der Waals surface area contributed by atoms with E-state index in [-0.39, 0.29) is 23.8 Å². The summed E-state index contributed by atoms with van der Waals surface area (Å²) in [5, 5.41) is 0. The Kier molecular flexibility index (Phi) is 4.72. The summed E-state index contributed by atoms with van der Waals surface area (Å²) in [6.45, 7) is 0. The van der Waals surface area contributed by atoms with Crippen LogP contribution >= 0.6 is 12.4 Å². The number of rotatable bonds is 2. The van der Waals surface area contributed by atoms with Crippen molar-refractivity contribution in [1.82, 2.24) is 4.98 Å². The molecule has 0 saturated carbocycles. The summed E-state index contributed by atoms with van der Waals surface area (Å²) in [5.74, 6) is -0.244. The van der Waals surface area contributed by atoms with E-state index in [1.165, 1.54) is 20.3 Å². The molecule has 0 aliphatic rings. The van der Waals surface area contributed by atoms with Crippen LogP contribution in [0.1, 0.15) is 10.5 Å². The van der Waals surface area contributed by atoms with Crippen LogP contribution in [0.15, 0.2) is 12.1 Å². The summed E-state index contributed by atoms with van der Waals surface area (Å²) in [6.07, 6.45) is 0. The second-order valence-corrected chi connectivity index (χ2v) is 2.28. The number of anilines is 1. The second-order valence-electron chi connectivity index (χ2n) is 2.28. The first-order valence-electron chi connectivity index (χ1n) is 3.58. The molecule has 2 N–H and O–H groups in total. The predicted molar refractivity (Wildman–Crippen MR) is 53.8 cm³/mol. The van der Waals surface area contributed by atoms with Gasteiger partial charge in [-0.15, -0.1) is 12.4 Å². The molecule has 1 rings (SSSR count). The number of halogens is 1. The number of esters is 1. The van der Waals surface area contributed by atoms with Gasteiger partial charge in [0.1, 0.15) is 0 Å². The molecule has 0 amide bonds. The first kappa shape index (κ1) is 12.5. The minimum absolute atomic E-state index is 0. The first-order valence-corrected chi connectivity index (χ1v) is 3.58. The van der Waals surface area contributed by atoms with Crippen LogP contribution in [0, 0.1) is 0 Å². The van der Waals surface area contributed by atoms with Crippen LogP contribution < -0.4 is 10.5 Å². The van der Waals surface area contributed by atoms with Crippen molar-refractivity contribution in [1.29, 1.82) is 0 Å². The number of aromatic nitrogens is 1. The van der Waals surface area contributed by atoms with E-state index in [9.17, 15) is 4.79 Å². The summed E-state index contributed by atoms with van der Waals surface area (Å²) in [7, 11) is 2.72. The van der Waals surface area contributed by atoms with E-state index in [1.807, 2.05) is 0 Å². The van der Waals surface area contributed by atoms with Gasteiger partial charge in [-0.3, -0.25) is 0 Å². The van der Waals surface area contributed by atoms with Crippen LogP contribution in [0.4, 0.5) is 5.69 Å². The van der Waals surface area contributed by atoms with Gasteiger partial charge in [0.05, 0.1) is 19.9 Å². The van der Waals surface area contributed by atoms with Crippen molar-refractivity contribution in [3.05, 3.63) is 17.8 Å². The van der Waals surface area contributed by atoms with Gasteiger partial charge in [0.15, 0.2) is 5.69 Å². The number of nitrogens with two attached hydrogens (primary N) is 1. The average Bonchev–Trinajstić information content (AvgIpc) is 2.17. The minimum Gasteiger partial charge on any atom is -0.481 e. The van der Waals surface area contributed by atoms with Crippen LogP contribution in [0.2, 0.25) is 0 Å². The number of hydrogen-bond donors (Lipinski definition) is 1. The van der Waals surface area contributed by atoms with E-state index < -0.39 is 5.97 Å². The largest absolute Gasteiger partial charge is 0.481 e. The van der Waals surface area contributed by atoms with Gasteiger partial charge in [0.2, 0.25) is 5.88 Å². The molecule has 0 bridgehead atoms. The molecule has 78 valence electrons. The Morgan fingerprint density at radius 1 is 1.43 bits per heavy atom. The molecule has 0 atom stereocenters. The van der Waals surface area contributed by atoms with Crippen LogP contribution in [0.25, 0.3) is 0 Å². The summed E-state index contributed by atoms with van der Waals surface area (Å²) >= 11 is 0. The van der Waals surface area contributed by atoms with Crippen molar-refractivity contribution >= 4 is 24.1 Å². The van der Waals surface area contributed by atoms with Gasteiger partial charge in [-0.05, 0) is 6.07 Å². The smallest absolute Gasteiger partial charge is 0.358 e. The van der Waals surface area contributed by atoms with E-state index in [2.05, 4.69) is 9.72 Å². The topological polar surface area (TPSA) is 74.4 Å². The Bertz CT molecular complexity index is 330. The van der Waals surface area contributed by atoms with Crippen LogP contribution in [-0.4, -0.2) is 25.2 Å². The van der Waals surface area contributed by atoms with Crippen molar-refractivity contribution < 1.29 is 14.3 Å². The fourth-order valence-corrected chi connectivity index (χ4v) is 0.826. The predicted octanol–water partition coefficient (Wildman–Crippen LogP) is 0.881. The molecule has 6 heteroatoms. The summed E-state index contributed by atoms with van der Waals surface area (Å²) in [5.41, 5.74) is 5.84. The third-order valence-corrected chi connectivity index (χ3v) is 1.49. The highest BCUT2D eigenvalue weighted by Gasteiger charge is 2.12. The Morgan fingerprint density at radius 3 is 2.57 bits per heavy atom. The lowest BCUT2D eigenvalue weighted by molar-refractivity contribution is 0.0594. The zero-order valence-electron chi connectivity index (χ0n) is 7.81. The zero-order valence-corrected chi connectivity index (χ0v) is 8.63. The summed E-state index contributed by atoms with van der Waals surface area (Å²) in [6, 6.07) is 3.11. The van der Waals surface area contributed by atoms with Crippen LogP contribution in [-0.2, 0) is 4.74 Å². The highest BCUT2D eigenvalue weighted by Crippen LogP contribution is 2.14. The van der Waals surface area contributed by atoms with E-state index in [4.69, 9.17) is 10.5 Å². The normalized spacial score (nSPS) is 8.71. The highest BCUT2D eigenvalue weighted by atomic mass is 35.5. The molecule has 5 nitrogen and oxygen atoms in total. The van der Waals surface area contributed by atoms with Crippen LogP contribution in [0.5, 0.6) is 5.88 Å². The fraction of sp³-hybridized carbons (Fsp3) is 0.250. The van der Waals surface area contributed by atoms with Gasteiger partial charge >= 0.3 is 5.97 Å². The monoisotopic (exact) mass is 218 g/mol. The number of carbonyl (C=O) groups is 1. The van der Waals surface area contributed by atoms with Gasteiger partial charge in [0, 0.05) is 6.07 Å². The number of hydrogen-bond acceptors (Lipinski definition) is 5. The van der Waals surface area contributed by atoms with Gasteiger partial charge < -0.3 is 15.2 Å². The van der Waals surface area contributed by atoms with Crippen molar-refractivity contribution in [2.75, 3.05) is 20.0 Å². The molecular formula is C8H11ClN2O3. The maximum atomic E-state index is 11.1. The molecular weight excluding hydrogens is 208 g/mol. The third kappa shape index (κ3) is 2.50. The number of nitrogen functional groups attached to an aromatic ring is 1. The molecule has 0 radical (unpaired) electrons. The van der Waals surface area contributed by atoms with Gasteiger partial charge in [-0.1, -0.05) is 0 Å². The Balaban J connectivity index is 0.00000169. The van der Waals surface area contributed by atoms with Crippen molar-refractivity contribution in [2.45, 2.75) is 0 Å². The van der Waals surface area contributed by atoms with E-state index in [1.54, 1.807) is 6.07 Å². The first-order chi connectivity index (χ1) is 6.19. The quantitative estimate of drug-likeness (QED) is 0.746. The second kappa shape index (κ2) is 5.29. The summed E-state index contributed by atoms with van der Waals surface area (Å²) in [4.78, 5) is 14.9. The Labute approximate surface area is 87.6 Å². The summed E-state index contributed by atoms with van der Waals surface area (Å²) < 4.78 is 9.31. The molecule has 0 spiro atoms. The molecule has 1 aromatic heterocycles. The average molecular weight is 219 g/mol. The number of pyridine rings is 1. The molecule has 1 heterocycles. The lowest BCUT2D eigenvalue weighted by Gasteiger charge is -2.04. The molecule has 14 heavy (non-hydrogen) atoms. The molecule has 1 aromatic rings. The molecule has 0 aliphatic heterocycles. The molecule has 0 aliphatic carbocycles. The standard InChI is InChI=1S/C8H10N2O3.ClH/c1-12-6-4-3-5(9)7(10-6)8(11)13-2;/h3-4H,9H2,1-2H3;1H. The SMILES string of the molecule is COC(=O)c1nc(OC)ccc1N.Cl. The lowest BCUT2D eigenvalue weighted by Crippen LogP contribution is -2.08. The minimum atomic E-state index is -0.573. The van der Waals surface area contributed by atoms with E-state index in [0.717, 1.165) is 0 Å². The fourth-order valence-electron chi connectivity index (χ4n) is 0.826. The highest BCUT2D eigenvalue weighted by molar-refractivity contribution is 5.92. The Hall–Kier alpha value is -1.49. The number of methoxy groups -OCH3 is 2. The lowest BCUT2D eigenvalue weighted by atomic mass is 10.3. The maximum Gasteiger partial charge on any atom is 0.358 e. The molecule has 0 saturated heterocycles. The van der Waals surface area contributed by atoms with Crippen molar-refractivity contribution in [2.24, 2.45) is 0 Å². The molecule has 0 fully saturated rings. The van der Waals surface area contributed by atoms with Crippen molar-refractivity contribution in [3.8, 4) is 5.88 Å². The Morgan fingerprint density at radius 2 is 2.07 bits per heavy atom. The number of carbonyl (C=O) groups excluding carboxylic acids is 1. The van der Waals surface area contributed by atoms with E-state index in [0.29, 0.717) is 5.88 Å². The third-order valence-electron chi connectivity index (χ3n) is 1.49. The number of nitrogens with zero attached hydrogens (tertiary/aromatic N) is 1. The van der Waals surface area contributed by atoms with Crippen LogP contribution in [0.3, 0.4) is 0 Å². The molecule has 0 aromatic carbocycles. The van der Waals surface area contributed by atoms with E-state index >= 15 is 0 Å².